The van der Waals surface area contributed by atoms with Crippen molar-refractivity contribution in [2.45, 2.75) is 70.5 Å². The van der Waals surface area contributed by atoms with E-state index in [1.54, 1.807) is 0 Å². The van der Waals surface area contributed by atoms with E-state index in [4.69, 9.17) is 0 Å². The number of para-hydroxylation sites is 1. The second-order valence-corrected chi connectivity index (χ2v) is 10.2. The summed E-state index contributed by atoms with van der Waals surface area (Å²) in [6, 6.07) is 21.1. The number of amides is 1. The van der Waals surface area contributed by atoms with Crippen LogP contribution in [0.3, 0.4) is 0 Å². The fourth-order valence-electron chi connectivity index (χ4n) is 5.90. The summed E-state index contributed by atoms with van der Waals surface area (Å²) in [5, 5.41) is 10.9. The summed E-state index contributed by atoms with van der Waals surface area (Å²) in [5.74, 6) is 2.43. The Bertz CT molecular complexity index is 1110. The van der Waals surface area contributed by atoms with Gasteiger partial charge in [-0.3, -0.25) is 20.1 Å². The molecular formula is C28H36N6O. The van der Waals surface area contributed by atoms with Crippen molar-refractivity contribution < 1.29 is 4.79 Å². The molecule has 2 aliphatic heterocycles. The van der Waals surface area contributed by atoms with Crippen molar-refractivity contribution in [3.8, 4) is 0 Å². The second kappa shape index (κ2) is 10.2. The summed E-state index contributed by atoms with van der Waals surface area (Å²) in [5.41, 5.74) is 4.81. The van der Waals surface area contributed by atoms with E-state index in [0.717, 1.165) is 43.3 Å². The van der Waals surface area contributed by atoms with Gasteiger partial charge in [0.1, 0.15) is 11.6 Å². The number of rotatable bonds is 8. The van der Waals surface area contributed by atoms with E-state index in [2.05, 4.69) is 45.9 Å². The van der Waals surface area contributed by atoms with Gasteiger partial charge in [-0.2, -0.15) is 0 Å². The standard InChI is InChI=1S/C28H36N6O/c1-20(2)27-30-29-21(3)34(27)26-18-24-14-15-25(19-26)32(24)16-17-33(23-12-8-5-9-13-23)31-28(35)22-10-6-4-7-11-22/h4-13,20,24-26H,14-19H2,1-3H3,(H,31,35)/t24-,25-/m1/s1. The topological polar surface area (TPSA) is 66.3 Å². The fourth-order valence-corrected chi connectivity index (χ4v) is 5.90. The van der Waals surface area contributed by atoms with Crippen molar-refractivity contribution in [3.05, 3.63) is 77.9 Å². The summed E-state index contributed by atoms with van der Waals surface area (Å²) < 4.78 is 2.41. The minimum absolute atomic E-state index is 0.0829. The van der Waals surface area contributed by atoms with Crippen LogP contribution in [-0.4, -0.2) is 50.7 Å². The predicted octanol–water partition coefficient (Wildman–Crippen LogP) is 4.73. The predicted molar refractivity (Wildman–Crippen MR) is 138 cm³/mol. The maximum atomic E-state index is 12.9. The number of piperidine rings is 1. The molecular weight excluding hydrogens is 436 g/mol. The number of aromatic nitrogens is 3. The van der Waals surface area contributed by atoms with Crippen LogP contribution in [0.15, 0.2) is 60.7 Å². The van der Waals surface area contributed by atoms with Crippen molar-refractivity contribution in [2.75, 3.05) is 18.1 Å². The van der Waals surface area contributed by atoms with E-state index in [1.165, 1.54) is 12.8 Å². The van der Waals surface area contributed by atoms with Crippen LogP contribution in [0.25, 0.3) is 0 Å². The molecule has 0 aliphatic carbocycles. The summed E-state index contributed by atoms with van der Waals surface area (Å²) in [4.78, 5) is 15.6. The molecule has 7 nitrogen and oxygen atoms in total. The Balaban J connectivity index is 1.28. The largest absolute Gasteiger partial charge is 0.312 e. The van der Waals surface area contributed by atoms with E-state index in [9.17, 15) is 4.79 Å². The van der Waals surface area contributed by atoms with Crippen LogP contribution in [0.5, 0.6) is 0 Å². The summed E-state index contributed by atoms with van der Waals surface area (Å²) in [6.07, 6.45) is 4.75. The number of carbonyl (C=O) groups is 1. The van der Waals surface area contributed by atoms with Gasteiger partial charge >= 0.3 is 0 Å². The lowest BCUT2D eigenvalue weighted by Gasteiger charge is -2.41. The Morgan fingerprint density at radius 1 is 0.971 bits per heavy atom. The lowest BCUT2D eigenvalue weighted by Crippen LogP contribution is -2.50. The van der Waals surface area contributed by atoms with E-state index in [0.29, 0.717) is 29.6 Å². The lowest BCUT2D eigenvalue weighted by molar-refractivity contribution is 0.0932. The molecule has 2 bridgehead atoms. The van der Waals surface area contributed by atoms with E-state index in [-0.39, 0.29) is 5.91 Å². The molecule has 2 atom stereocenters. The first-order valence-electron chi connectivity index (χ1n) is 12.9. The van der Waals surface area contributed by atoms with Crippen LogP contribution in [0, 0.1) is 6.92 Å². The third kappa shape index (κ3) is 4.96. The average Bonchev–Trinajstić information content (AvgIpc) is 3.38. The van der Waals surface area contributed by atoms with Gasteiger partial charge in [0.25, 0.3) is 5.91 Å². The van der Waals surface area contributed by atoms with Crippen LogP contribution in [-0.2, 0) is 0 Å². The first kappa shape index (κ1) is 23.5. The molecule has 0 saturated carbocycles. The van der Waals surface area contributed by atoms with Gasteiger partial charge in [-0.25, -0.2) is 0 Å². The van der Waals surface area contributed by atoms with Crippen molar-refractivity contribution in [1.82, 2.24) is 25.1 Å². The smallest absolute Gasteiger partial charge is 0.269 e. The number of fused-ring (bicyclic) bond motifs is 2. The number of nitrogens with one attached hydrogen (secondary N) is 1. The monoisotopic (exact) mass is 472 g/mol. The van der Waals surface area contributed by atoms with Gasteiger partial charge in [0, 0.05) is 36.2 Å². The van der Waals surface area contributed by atoms with E-state index < -0.39 is 0 Å². The molecule has 0 unspecified atom stereocenters. The van der Waals surface area contributed by atoms with Crippen molar-refractivity contribution in [2.24, 2.45) is 0 Å². The molecule has 35 heavy (non-hydrogen) atoms. The van der Waals surface area contributed by atoms with Crippen molar-refractivity contribution in [1.29, 1.82) is 0 Å². The SMILES string of the molecule is Cc1nnc(C(C)C)n1C1C[C@H]2CC[C@H](C1)N2CCN(NC(=O)c1ccccc1)c1ccccc1. The van der Waals surface area contributed by atoms with Crippen LogP contribution in [0.2, 0.25) is 0 Å². The highest BCUT2D eigenvalue weighted by Gasteiger charge is 2.42. The molecule has 0 radical (unpaired) electrons. The number of hydrogen-bond donors (Lipinski definition) is 1. The summed E-state index contributed by atoms with van der Waals surface area (Å²) in [6.45, 7) is 8.14. The maximum absolute atomic E-state index is 12.9. The minimum Gasteiger partial charge on any atom is -0.312 e. The number of aryl methyl sites for hydroxylation is 1. The van der Waals surface area contributed by atoms with Gasteiger partial charge < -0.3 is 4.57 Å². The molecule has 2 saturated heterocycles. The highest BCUT2D eigenvalue weighted by Crippen LogP contribution is 2.41. The van der Waals surface area contributed by atoms with Crippen LogP contribution < -0.4 is 10.4 Å². The quantitative estimate of drug-likeness (QED) is 0.480. The molecule has 0 spiro atoms. The van der Waals surface area contributed by atoms with E-state index >= 15 is 0 Å². The van der Waals surface area contributed by atoms with Gasteiger partial charge in [-0.15, -0.1) is 10.2 Å². The van der Waals surface area contributed by atoms with Crippen LogP contribution in [0.1, 0.15) is 73.5 Å². The van der Waals surface area contributed by atoms with Gasteiger partial charge in [0.05, 0.1) is 12.2 Å². The molecule has 7 heteroatoms. The molecule has 5 rings (SSSR count). The summed E-state index contributed by atoms with van der Waals surface area (Å²) in [7, 11) is 0. The van der Waals surface area contributed by atoms with Crippen molar-refractivity contribution in [3.63, 3.8) is 0 Å². The Hall–Kier alpha value is -3.19. The third-order valence-corrected chi connectivity index (χ3v) is 7.56. The van der Waals surface area contributed by atoms with Gasteiger partial charge in [0.15, 0.2) is 0 Å². The Kier molecular flexibility index (Phi) is 6.86. The molecule has 184 valence electrons. The van der Waals surface area contributed by atoms with Crippen LogP contribution >= 0.6 is 0 Å². The molecule has 1 amide bonds. The zero-order valence-electron chi connectivity index (χ0n) is 21.0. The second-order valence-electron chi connectivity index (χ2n) is 10.2. The number of benzene rings is 2. The normalized spacial score (nSPS) is 21.9. The van der Waals surface area contributed by atoms with E-state index in [1.807, 2.05) is 65.7 Å². The maximum Gasteiger partial charge on any atom is 0.269 e. The van der Waals surface area contributed by atoms with Crippen molar-refractivity contribution >= 4 is 11.6 Å². The number of nitrogens with zero attached hydrogens (tertiary/aromatic N) is 5. The zero-order chi connectivity index (χ0) is 24.4. The molecule has 2 aromatic carbocycles. The average molecular weight is 473 g/mol. The summed E-state index contributed by atoms with van der Waals surface area (Å²) >= 11 is 0. The molecule has 2 fully saturated rings. The first-order valence-corrected chi connectivity index (χ1v) is 12.9. The third-order valence-electron chi connectivity index (χ3n) is 7.56. The molecule has 2 aliphatic rings. The Morgan fingerprint density at radius 3 is 2.23 bits per heavy atom. The minimum atomic E-state index is -0.0829. The van der Waals surface area contributed by atoms with Gasteiger partial charge in [-0.1, -0.05) is 50.2 Å². The number of anilines is 1. The van der Waals surface area contributed by atoms with Crippen LogP contribution in [0.4, 0.5) is 5.69 Å². The molecule has 1 N–H and O–H groups in total. The fraction of sp³-hybridized carbons (Fsp3) is 0.464. The molecule has 1 aromatic heterocycles. The van der Waals surface area contributed by atoms with Gasteiger partial charge in [-0.05, 0) is 56.9 Å². The number of carbonyl (C=O) groups excluding carboxylic acids is 1. The molecule has 3 aromatic rings. The van der Waals surface area contributed by atoms with Gasteiger partial charge in [0.2, 0.25) is 0 Å². The Labute approximate surface area is 208 Å². The lowest BCUT2D eigenvalue weighted by atomic mass is 9.96. The highest BCUT2D eigenvalue weighted by atomic mass is 16.2. The molecule has 3 heterocycles. The number of hydrazine groups is 1. The number of hydrogen-bond acceptors (Lipinski definition) is 5. The Morgan fingerprint density at radius 2 is 1.60 bits per heavy atom. The highest BCUT2D eigenvalue weighted by molar-refractivity contribution is 5.95. The zero-order valence-corrected chi connectivity index (χ0v) is 21.0. The first-order chi connectivity index (χ1) is 17.0.